The summed E-state index contributed by atoms with van der Waals surface area (Å²) in [5.74, 6) is 1.56. The van der Waals surface area contributed by atoms with Crippen molar-refractivity contribution in [3.63, 3.8) is 0 Å². The number of hydrogen-bond donors (Lipinski definition) is 1. The van der Waals surface area contributed by atoms with Gasteiger partial charge in [0.15, 0.2) is 0 Å². The molecule has 0 atom stereocenters. The maximum atomic E-state index is 12.2. The van der Waals surface area contributed by atoms with Crippen molar-refractivity contribution in [2.45, 2.75) is 4.90 Å². The summed E-state index contributed by atoms with van der Waals surface area (Å²) < 4.78 is 0. The number of thioether (sulfide) groups is 2. The second-order valence-electron chi connectivity index (χ2n) is 4.64. The van der Waals surface area contributed by atoms with Gasteiger partial charge in [0.1, 0.15) is 0 Å². The summed E-state index contributed by atoms with van der Waals surface area (Å²) in [4.78, 5) is 27.4. The Morgan fingerprint density at radius 2 is 2.10 bits per heavy atom. The van der Waals surface area contributed by atoms with Gasteiger partial charge in [-0.25, -0.2) is 0 Å². The lowest BCUT2D eigenvalue weighted by atomic mass is 10.3. The highest BCUT2D eigenvalue weighted by atomic mass is 35.5. The summed E-state index contributed by atoms with van der Waals surface area (Å²) in [5.41, 5.74) is 0.691. The van der Waals surface area contributed by atoms with Crippen LogP contribution in [0.4, 0.5) is 5.69 Å². The maximum absolute atomic E-state index is 12.2. The lowest BCUT2D eigenvalue weighted by Crippen LogP contribution is -2.37. The zero-order valence-electron chi connectivity index (χ0n) is 11.1. The van der Waals surface area contributed by atoms with Crippen LogP contribution in [0.1, 0.15) is 0 Å². The standard InChI is InChI=1S/C14H13ClN2O2S2/c15-9-1-2-11-10(7-9)16-14(19)12(21-11)8-13(18)17-3-5-20-6-4-17/h1-2,7-8H,3-6H2,(H,16,19). The molecule has 1 saturated heterocycles. The Kier molecular flexibility index (Phi) is 4.47. The minimum absolute atomic E-state index is 0.0923. The Balaban J connectivity index is 1.79. The van der Waals surface area contributed by atoms with E-state index < -0.39 is 0 Å². The number of halogens is 1. The number of benzene rings is 1. The van der Waals surface area contributed by atoms with Crippen molar-refractivity contribution < 1.29 is 9.59 Å². The summed E-state index contributed by atoms with van der Waals surface area (Å²) in [6.45, 7) is 1.48. The largest absolute Gasteiger partial charge is 0.337 e. The predicted octanol–water partition coefficient (Wildman–Crippen LogP) is 2.84. The predicted molar refractivity (Wildman–Crippen MR) is 87.9 cm³/mol. The monoisotopic (exact) mass is 340 g/mol. The number of carbonyl (C=O) groups is 2. The van der Waals surface area contributed by atoms with Crippen LogP contribution in [0.25, 0.3) is 0 Å². The lowest BCUT2D eigenvalue weighted by molar-refractivity contribution is -0.126. The Morgan fingerprint density at radius 3 is 2.86 bits per heavy atom. The third kappa shape index (κ3) is 3.39. The van der Waals surface area contributed by atoms with Gasteiger partial charge >= 0.3 is 0 Å². The molecule has 4 nitrogen and oxygen atoms in total. The molecule has 1 aromatic rings. The van der Waals surface area contributed by atoms with Crippen LogP contribution in [0.3, 0.4) is 0 Å². The van der Waals surface area contributed by atoms with Crippen molar-refractivity contribution in [3.8, 4) is 0 Å². The Bertz CT molecular complexity index is 627. The zero-order chi connectivity index (χ0) is 14.8. The molecule has 21 heavy (non-hydrogen) atoms. The van der Waals surface area contributed by atoms with Crippen molar-refractivity contribution in [2.24, 2.45) is 0 Å². The summed E-state index contributed by atoms with van der Waals surface area (Å²) >= 11 is 9.06. The minimum Gasteiger partial charge on any atom is -0.337 e. The van der Waals surface area contributed by atoms with Gasteiger partial charge in [0.2, 0.25) is 5.91 Å². The summed E-state index contributed by atoms with van der Waals surface area (Å²) in [7, 11) is 0. The number of anilines is 1. The fourth-order valence-electron chi connectivity index (χ4n) is 2.12. The highest BCUT2D eigenvalue weighted by Crippen LogP contribution is 2.39. The SMILES string of the molecule is O=C1Nc2cc(Cl)ccc2SC1=CC(=O)N1CCSCC1. The molecule has 2 aliphatic heterocycles. The molecule has 1 aromatic carbocycles. The average Bonchev–Trinajstić information content (AvgIpc) is 2.49. The Morgan fingerprint density at radius 1 is 1.33 bits per heavy atom. The molecule has 3 rings (SSSR count). The third-order valence-electron chi connectivity index (χ3n) is 3.21. The Labute approximate surface area is 136 Å². The highest BCUT2D eigenvalue weighted by Gasteiger charge is 2.24. The molecule has 0 radical (unpaired) electrons. The van der Waals surface area contributed by atoms with E-state index in [4.69, 9.17) is 11.6 Å². The topological polar surface area (TPSA) is 49.4 Å². The summed E-state index contributed by atoms with van der Waals surface area (Å²) in [6, 6.07) is 5.33. The van der Waals surface area contributed by atoms with Crippen molar-refractivity contribution >= 4 is 52.6 Å². The molecule has 0 bridgehead atoms. The van der Waals surface area contributed by atoms with Gasteiger partial charge in [-0.3, -0.25) is 9.59 Å². The number of rotatable bonds is 1. The molecule has 2 aliphatic rings. The van der Waals surface area contributed by atoms with Gasteiger partial charge in [-0.2, -0.15) is 11.8 Å². The Hall–Kier alpha value is -1.11. The molecule has 1 N–H and O–H groups in total. The molecule has 0 saturated carbocycles. The van der Waals surface area contributed by atoms with Gasteiger partial charge in [-0.05, 0) is 18.2 Å². The van der Waals surface area contributed by atoms with Crippen LogP contribution in [0.15, 0.2) is 34.1 Å². The first-order valence-corrected chi connectivity index (χ1v) is 8.85. The molecule has 2 amide bonds. The molecule has 7 heteroatoms. The first-order valence-electron chi connectivity index (χ1n) is 6.50. The zero-order valence-corrected chi connectivity index (χ0v) is 13.5. The molecule has 110 valence electrons. The van der Waals surface area contributed by atoms with E-state index in [1.807, 2.05) is 17.8 Å². The van der Waals surface area contributed by atoms with Crippen molar-refractivity contribution in [3.05, 3.63) is 34.2 Å². The number of amides is 2. The number of nitrogens with one attached hydrogen (secondary N) is 1. The minimum atomic E-state index is -0.255. The van der Waals surface area contributed by atoms with Crippen molar-refractivity contribution in [1.82, 2.24) is 4.90 Å². The van der Waals surface area contributed by atoms with Crippen LogP contribution < -0.4 is 5.32 Å². The van der Waals surface area contributed by atoms with Gasteiger partial charge in [-0.15, -0.1) is 0 Å². The van der Waals surface area contributed by atoms with E-state index in [2.05, 4.69) is 5.32 Å². The van der Waals surface area contributed by atoms with Crippen LogP contribution in [0, 0.1) is 0 Å². The van der Waals surface area contributed by atoms with Gasteiger partial charge in [0, 0.05) is 40.6 Å². The molecule has 0 aliphatic carbocycles. The van der Waals surface area contributed by atoms with Crippen LogP contribution in [0.5, 0.6) is 0 Å². The van der Waals surface area contributed by atoms with E-state index in [0.29, 0.717) is 15.6 Å². The highest BCUT2D eigenvalue weighted by molar-refractivity contribution is 8.04. The van der Waals surface area contributed by atoms with Crippen LogP contribution >= 0.6 is 35.1 Å². The molecule has 1 fully saturated rings. The number of carbonyl (C=O) groups excluding carboxylic acids is 2. The third-order valence-corrected chi connectivity index (χ3v) is 5.49. The lowest BCUT2D eigenvalue weighted by Gasteiger charge is -2.26. The fraction of sp³-hybridized carbons (Fsp3) is 0.286. The van der Waals surface area contributed by atoms with Gasteiger partial charge in [0.25, 0.3) is 5.91 Å². The molecule has 2 heterocycles. The van der Waals surface area contributed by atoms with E-state index in [-0.39, 0.29) is 11.8 Å². The van der Waals surface area contributed by atoms with Gasteiger partial charge in [-0.1, -0.05) is 23.4 Å². The second kappa shape index (κ2) is 6.34. The van der Waals surface area contributed by atoms with E-state index in [1.54, 1.807) is 17.0 Å². The summed E-state index contributed by atoms with van der Waals surface area (Å²) in [5, 5.41) is 3.34. The van der Waals surface area contributed by atoms with E-state index in [1.165, 1.54) is 17.8 Å². The van der Waals surface area contributed by atoms with Gasteiger partial charge < -0.3 is 10.2 Å². The normalized spacial score (nSPS) is 20.1. The van der Waals surface area contributed by atoms with E-state index in [9.17, 15) is 9.59 Å². The van der Waals surface area contributed by atoms with Crippen LogP contribution in [-0.4, -0.2) is 41.3 Å². The van der Waals surface area contributed by atoms with E-state index in [0.717, 1.165) is 29.5 Å². The molecular formula is C14H13ClN2O2S2. The molecular weight excluding hydrogens is 328 g/mol. The van der Waals surface area contributed by atoms with Gasteiger partial charge in [0.05, 0.1) is 10.6 Å². The van der Waals surface area contributed by atoms with Crippen molar-refractivity contribution in [2.75, 3.05) is 29.9 Å². The van der Waals surface area contributed by atoms with E-state index >= 15 is 0 Å². The van der Waals surface area contributed by atoms with Crippen LogP contribution in [-0.2, 0) is 9.59 Å². The number of fused-ring (bicyclic) bond motifs is 1. The average molecular weight is 341 g/mol. The second-order valence-corrected chi connectivity index (χ2v) is 7.39. The summed E-state index contributed by atoms with van der Waals surface area (Å²) in [6.07, 6.45) is 1.44. The quantitative estimate of drug-likeness (QED) is 0.799. The van der Waals surface area contributed by atoms with Crippen LogP contribution in [0.2, 0.25) is 5.02 Å². The fourth-order valence-corrected chi connectivity index (χ4v) is 4.09. The maximum Gasteiger partial charge on any atom is 0.262 e. The number of nitrogens with zero attached hydrogens (tertiary/aromatic N) is 1. The first kappa shape index (κ1) is 14.8. The first-order chi connectivity index (χ1) is 10.1. The molecule has 0 spiro atoms. The number of hydrogen-bond acceptors (Lipinski definition) is 4. The smallest absolute Gasteiger partial charge is 0.262 e. The molecule has 0 unspecified atom stereocenters. The molecule has 0 aromatic heterocycles. The van der Waals surface area contributed by atoms with Crippen molar-refractivity contribution in [1.29, 1.82) is 0 Å².